The number of aliphatic hydroxyl groups excluding tert-OH is 1. The Bertz CT molecular complexity index is 840. The highest BCUT2D eigenvalue weighted by atomic mass is 32.2. The highest BCUT2D eigenvalue weighted by molar-refractivity contribution is 7.97. The zero-order chi connectivity index (χ0) is 17.6. The summed E-state index contributed by atoms with van der Waals surface area (Å²) in [6.45, 7) is 2.30. The number of aliphatic hydroxyl groups is 1. The van der Waals surface area contributed by atoms with Crippen LogP contribution < -0.4 is 14.8 Å². The Morgan fingerprint density at radius 2 is 1.88 bits per heavy atom. The van der Waals surface area contributed by atoms with Crippen LogP contribution in [0, 0.1) is 0 Å². The summed E-state index contributed by atoms with van der Waals surface area (Å²) in [5, 5.41) is 13.6. The van der Waals surface area contributed by atoms with E-state index in [0.717, 1.165) is 27.2 Å². The van der Waals surface area contributed by atoms with Gasteiger partial charge in [-0.25, -0.2) is 4.98 Å². The SMILES string of the molecule is COc1nccc2c(Nc3ccc(SNCC(C)O)cc3)ccnc12. The van der Waals surface area contributed by atoms with Crippen molar-refractivity contribution in [3.8, 4) is 5.88 Å². The van der Waals surface area contributed by atoms with E-state index < -0.39 is 0 Å². The number of methoxy groups -OCH3 is 1. The van der Waals surface area contributed by atoms with E-state index in [1.54, 1.807) is 26.4 Å². The quantitative estimate of drug-likeness (QED) is 0.560. The van der Waals surface area contributed by atoms with Crippen LogP contribution in [0.3, 0.4) is 0 Å². The molecule has 2 aromatic heterocycles. The summed E-state index contributed by atoms with van der Waals surface area (Å²) >= 11 is 1.50. The van der Waals surface area contributed by atoms with Crippen LogP contribution >= 0.6 is 11.9 Å². The lowest BCUT2D eigenvalue weighted by atomic mass is 10.2. The van der Waals surface area contributed by atoms with Crippen molar-refractivity contribution in [3.63, 3.8) is 0 Å². The van der Waals surface area contributed by atoms with Crippen LogP contribution in [0.15, 0.2) is 53.7 Å². The summed E-state index contributed by atoms with van der Waals surface area (Å²) < 4.78 is 8.40. The molecule has 6 nitrogen and oxygen atoms in total. The minimum atomic E-state index is -0.361. The third kappa shape index (κ3) is 4.39. The van der Waals surface area contributed by atoms with Crippen molar-refractivity contribution in [2.24, 2.45) is 0 Å². The standard InChI is InChI=1S/C18H20N4O2S/c1-12(23)11-21-25-14-5-3-13(4-6-14)22-16-8-10-19-17-15(16)7-9-20-18(17)24-2/h3-10,12,21,23H,11H2,1-2H3,(H,19,22). The molecule has 0 radical (unpaired) electrons. The average molecular weight is 356 g/mol. The molecule has 0 bridgehead atoms. The topological polar surface area (TPSA) is 79.3 Å². The average Bonchev–Trinajstić information content (AvgIpc) is 2.62. The van der Waals surface area contributed by atoms with Gasteiger partial charge >= 0.3 is 0 Å². The Hall–Kier alpha value is -2.35. The number of nitrogens with one attached hydrogen (secondary N) is 2. The molecule has 1 atom stereocenters. The summed E-state index contributed by atoms with van der Waals surface area (Å²) in [5.41, 5.74) is 2.64. The summed E-state index contributed by atoms with van der Waals surface area (Å²) in [6.07, 6.45) is 3.08. The second-order valence-corrected chi connectivity index (χ2v) is 6.49. The van der Waals surface area contributed by atoms with Gasteiger partial charge in [-0.15, -0.1) is 0 Å². The van der Waals surface area contributed by atoms with E-state index in [0.29, 0.717) is 12.4 Å². The van der Waals surface area contributed by atoms with Crippen LogP contribution in [-0.2, 0) is 0 Å². The van der Waals surface area contributed by atoms with E-state index in [9.17, 15) is 5.11 Å². The summed E-state index contributed by atoms with van der Waals surface area (Å²) in [7, 11) is 1.59. The number of nitrogens with zero attached hydrogens (tertiary/aromatic N) is 2. The molecule has 1 aromatic carbocycles. The van der Waals surface area contributed by atoms with Crippen molar-refractivity contribution in [3.05, 3.63) is 48.8 Å². The fourth-order valence-corrected chi connectivity index (χ4v) is 3.08. The molecular formula is C18H20N4O2S. The van der Waals surface area contributed by atoms with E-state index in [2.05, 4.69) is 20.0 Å². The molecule has 0 spiro atoms. The number of aromatic nitrogens is 2. The van der Waals surface area contributed by atoms with Crippen molar-refractivity contribution in [2.45, 2.75) is 17.9 Å². The van der Waals surface area contributed by atoms with E-state index in [4.69, 9.17) is 4.74 Å². The van der Waals surface area contributed by atoms with Gasteiger partial charge in [0.15, 0.2) is 0 Å². The van der Waals surface area contributed by atoms with E-state index in [1.165, 1.54) is 11.9 Å². The first kappa shape index (κ1) is 17.5. The Kier molecular flexibility index (Phi) is 5.70. The molecule has 0 saturated heterocycles. The van der Waals surface area contributed by atoms with Gasteiger partial charge in [0, 0.05) is 40.6 Å². The molecule has 0 aliphatic heterocycles. The number of fused-ring (bicyclic) bond motifs is 1. The number of rotatable bonds is 7. The van der Waals surface area contributed by atoms with Crippen molar-refractivity contribution in [1.82, 2.24) is 14.7 Å². The van der Waals surface area contributed by atoms with Crippen molar-refractivity contribution >= 4 is 34.2 Å². The van der Waals surface area contributed by atoms with Gasteiger partial charge in [0.1, 0.15) is 5.52 Å². The molecule has 25 heavy (non-hydrogen) atoms. The monoisotopic (exact) mass is 356 g/mol. The normalized spacial score (nSPS) is 12.1. The predicted octanol–water partition coefficient (Wildman–Crippen LogP) is 3.36. The molecule has 2 heterocycles. The second-order valence-electron chi connectivity index (χ2n) is 5.52. The van der Waals surface area contributed by atoms with Gasteiger partial charge < -0.3 is 15.2 Å². The van der Waals surface area contributed by atoms with Gasteiger partial charge in [-0.05, 0) is 55.3 Å². The predicted molar refractivity (Wildman–Crippen MR) is 101 cm³/mol. The Labute approximate surface area is 150 Å². The molecule has 7 heteroatoms. The first-order valence-electron chi connectivity index (χ1n) is 7.90. The minimum absolute atomic E-state index is 0.361. The van der Waals surface area contributed by atoms with E-state index in [1.807, 2.05) is 36.4 Å². The maximum Gasteiger partial charge on any atom is 0.240 e. The minimum Gasteiger partial charge on any atom is -0.479 e. The first-order valence-corrected chi connectivity index (χ1v) is 8.71. The molecule has 0 aliphatic carbocycles. The smallest absolute Gasteiger partial charge is 0.240 e. The highest BCUT2D eigenvalue weighted by Crippen LogP contribution is 2.29. The number of pyridine rings is 2. The molecule has 3 aromatic rings. The molecule has 0 amide bonds. The molecule has 0 saturated carbocycles. The Morgan fingerprint density at radius 1 is 1.12 bits per heavy atom. The number of ether oxygens (including phenoxy) is 1. The second kappa shape index (κ2) is 8.15. The molecule has 0 aliphatic rings. The van der Waals surface area contributed by atoms with Crippen LogP contribution in [0.5, 0.6) is 5.88 Å². The van der Waals surface area contributed by atoms with Crippen molar-refractivity contribution < 1.29 is 9.84 Å². The molecule has 1 unspecified atom stereocenters. The van der Waals surface area contributed by atoms with Gasteiger partial charge in [0.25, 0.3) is 0 Å². The van der Waals surface area contributed by atoms with Crippen molar-refractivity contribution in [1.29, 1.82) is 0 Å². The van der Waals surface area contributed by atoms with Gasteiger partial charge in [-0.3, -0.25) is 9.71 Å². The third-order valence-corrected chi connectivity index (χ3v) is 4.34. The maximum atomic E-state index is 9.26. The lowest BCUT2D eigenvalue weighted by molar-refractivity contribution is 0.200. The van der Waals surface area contributed by atoms with Crippen LogP contribution in [0.1, 0.15) is 6.92 Å². The zero-order valence-electron chi connectivity index (χ0n) is 14.1. The summed E-state index contributed by atoms with van der Waals surface area (Å²) in [6, 6.07) is 11.9. The Balaban J connectivity index is 1.75. The first-order chi connectivity index (χ1) is 12.2. The molecular weight excluding hydrogens is 336 g/mol. The highest BCUT2D eigenvalue weighted by Gasteiger charge is 2.08. The third-order valence-electron chi connectivity index (χ3n) is 3.52. The van der Waals surface area contributed by atoms with Crippen LogP contribution in [0.2, 0.25) is 0 Å². The van der Waals surface area contributed by atoms with Gasteiger partial charge in [0.2, 0.25) is 5.88 Å². The fraction of sp³-hybridized carbons (Fsp3) is 0.222. The number of anilines is 2. The number of hydrogen-bond acceptors (Lipinski definition) is 7. The summed E-state index contributed by atoms with van der Waals surface area (Å²) in [5.74, 6) is 0.511. The fourth-order valence-electron chi connectivity index (χ4n) is 2.32. The largest absolute Gasteiger partial charge is 0.479 e. The van der Waals surface area contributed by atoms with Gasteiger partial charge in [-0.1, -0.05) is 0 Å². The van der Waals surface area contributed by atoms with Gasteiger partial charge in [0.05, 0.1) is 13.2 Å². The molecule has 3 rings (SSSR count). The van der Waals surface area contributed by atoms with E-state index in [-0.39, 0.29) is 6.10 Å². The van der Waals surface area contributed by atoms with E-state index >= 15 is 0 Å². The zero-order valence-corrected chi connectivity index (χ0v) is 14.9. The maximum absolute atomic E-state index is 9.26. The lowest BCUT2D eigenvalue weighted by Gasteiger charge is -2.11. The van der Waals surface area contributed by atoms with Gasteiger partial charge in [-0.2, -0.15) is 0 Å². The number of hydrogen-bond donors (Lipinski definition) is 3. The van der Waals surface area contributed by atoms with Crippen LogP contribution in [-0.4, -0.2) is 34.8 Å². The summed E-state index contributed by atoms with van der Waals surface area (Å²) in [4.78, 5) is 9.62. The lowest BCUT2D eigenvalue weighted by Crippen LogP contribution is -2.18. The molecule has 0 fully saturated rings. The Morgan fingerprint density at radius 3 is 2.60 bits per heavy atom. The molecule has 130 valence electrons. The molecule has 3 N–H and O–H groups in total. The van der Waals surface area contributed by atoms with Crippen LogP contribution in [0.4, 0.5) is 11.4 Å². The van der Waals surface area contributed by atoms with Crippen LogP contribution in [0.25, 0.3) is 10.9 Å². The number of benzene rings is 1. The van der Waals surface area contributed by atoms with Crippen molar-refractivity contribution in [2.75, 3.05) is 19.0 Å².